The molecule has 0 radical (unpaired) electrons. The Kier molecular flexibility index (Phi) is 8.35. The second kappa shape index (κ2) is 11.8. The van der Waals surface area contributed by atoms with Gasteiger partial charge in [0.25, 0.3) is 0 Å². The Morgan fingerprint density at radius 2 is 1.95 bits per heavy atom. The number of halogens is 4. The van der Waals surface area contributed by atoms with Crippen molar-refractivity contribution in [3.8, 4) is 6.07 Å². The zero-order chi connectivity index (χ0) is 28.6. The highest BCUT2D eigenvalue weighted by molar-refractivity contribution is 8.01. The quantitative estimate of drug-likeness (QED) is 0.227. The number of aromatic nitrogens is 2. The average molecular weight is 636 g/mol. The molecule has 40 heavy (non-hydrogen) atoms. The van der Waals surface area contributed by atoms with E-state index in [2.05, 4.69) is 21.6 Å². The third-order valence-electron chi connectivity index (χ3n) is 6.33. The molecule has 1 aliphatic carbocycles. The van der Waals surface area contributed by atoms with E-state index in [4.69, 9.17) is 40.5 Å². The summed E-state index contributed by atoms with van der Waals surface area (Å²) in [5, 5.41) is 22.2. The number of hydrogen-bond donors (Lipinski definition) is 2. The van der Waals surface area contributed by atoms with E-state index in [1.165, 1.54) is 18.2 Å². The van der Waals surface area contributed by atoms with Crippen LogP contribution in [0.5, 0.6) is 0 Å². The minimum Gasteiger partial charge on any atom is -0.384 e. The van der Waals surface area contributed by atoms with Crippen LogP contribution in [0.25, 0.3) is 0 Å². The number of thioether (sulfide) groups is 1. The van der Waals surface area contributed by atoms with Gasteiger partial charge in [-0.15, -0.1) is 10.2 Å². The summed E-state index contributed by atoms with van der Waals surface area (Å²) in [6.07, 6.45) is 1.34. The first-order valence-corrected chi connectivity index (χ1v) is 14.7. The number of rotatable bonds is 6. The Labute approximate surface area is 251 Å². The molecule has 0 bridgehead atoms. The van der Waals surface area contributed by atoms with Crippen molar-refractivity contribution in [3.63, 3.8) is 0 Å². The highest BCUT2D eigenvalue weighted by atomic mass is 35.5. The Hall–Kier alpha value is -3.14. The van der Waals surface area contributed by atoms with Gasteiger partial charge in [0.2, 0.25) is 11.0 Å². The van der Waals surface area contributed by atoms with Gasteiger partial charge in [-0.1, -0.05) is 76.1 Å². The highest BCUT2D eigenvalue weighted by Gasteiger charge is 2.42. The predicted molar refractivity (Wildman–Crippen MR) is 155 cm³/mol. The summed E-state index contributed by atoms with van der Waals surface area (Å²) in [5.41, 5.74) is 8.00. The van der Waals surface area contributed by atoms with Crippen LogP contribution in [0, 0.1) is 17.1 Å². The predicted octanol–water partition coefficient (Wildman–Crippen LogP) is 6.67. The lowest BCUT2D eigenvalue weighted by molar-refractivity contribution is -0.116. The second-order valence-electron chi connectivity index (χ2n) is 8.77. The first-order valence-electron chi connectivity index (χ1n) is 11.8. The van der Waals surface area contributed by atoms with Crippen LogP contribution in [-0.2, 0) is 9.59 Å². The first kappa shape index (κ1) is 28.4. The lowest BCUT2D eigenvalue weighted by Gasteiger charge is -2.38. The van der Waals surface area contributed by atoms with E-state index in [0.717, 1.165) is 23.1 Å². The lowest BCUT2D eigenvalue weighted by atomic mass is 9.75. The van der Waals surface area contributed by atoms with Crippen LogP contribution in [-0.4, -0.2) is 27.6 Å². The van der Waals surface area contributed by atoms with Gasteiger partial charge < -0.3 is 11.1 Å². The lowest BCUT2D eigenvalue weighted by Crippen LogP contribution is -2.38. The summed E-state index contributed by atoms with van der Waals surface area (Å²) in [6, 6.07) is 11.0. The molecule has 0 spiro atoms. The van der Waals surface area contributed by atoms with Gasteiger partial charge in [-0.3, -0.25) is 14.5 Å². The minimum atomic E-state index is -0.913. The van der Waals surface area contributed by atoms with Crippen LogP contribution < -0.4 is 16.0 Å². The number of benzene rings is 2. The summed E-state index contributed by atoms with van der Waals surface area (Å²) in [7, 11) is 0. The van der Waals surface area contributed by atoms with Gasteiger partial charge >= 0.3 is 0 Å². The summed E-state index contributed by atoms with van der Waals surface area (Å²) in [4.78, 5) is 27.3. The van der Waals surface area contributed by atoms with E-state index in [1.807, 2.05) is 0 Å². The largest absolute Gasteiger partial charge is 0.384 e. The first-order chi connectivity index (χ1) is 19.2. The van der Waals surface area contributed by atoms with E-state index in [-0.39, 0.29) is 55.9 Å². The van der Waals surface area contributed by atoms with Gasteiger partial charge in [0, 0.05) is 23.3 Å². The normalized spacial score (nSPS) is 17.1. The Morgan fingerprint density at radius 1 is 1.20 bits per heavy atom. The number of carbonyl (C=O) groups excluding carboxylic acids is 2. The van der Waals surface area contributed by atoms with Crippen molar-refractivity contribution in [2.75, 3.05) is 16.0 Å². The molecule has 0 saturated carbocycles. The molecule has 3 N–H and O–H groups in total. The molecule has 1 aromatic heterocycles. The van der Waals surface area contributed by atoms with Crippen LogP contribution in [0.4, 0.5) is 15.2 Å². The maximum Gasteiger partial charge on any atom is 0.234 e. The summed E-state index contributed by atoms with van der Waals surface area (Å²) in [5.74, 6) is -1.92. The summed E-state index contributed by atoms with van der Waals surface area (Å²) >= 11 is 20.4. The van der Waals surface area contributed by atoms with Crippen molar-refractivity contribution in [2.24, 2.45) is 5.73 Å². The maximum atomic E-state index is 14.9. The number of carbonyl (C=O) groups is 2. The van der Waals surface area contributed by atoms with Gasteiger partial charge in [-0.05, 0) is 31.0 Å². The topological polar surface area (TPSA) is 125 Å². The second-order valence-corrected chi connectivity index (χ2v) is 12.2. The molecular weight excluding hydrogens is 618 g/mol. The Bertz CT molecular complexity index is 1650. The molecule has 1 unspecified atom stereocenters. The Morgan fingerprint density at radius 3 is 2.70 bits per heavy atom. The minimum absolute atomic E-state index is 0.0121. The van der Waals surface area contributed by atoms with Crippen LogP contribution in [0.1, 0.15) is 30.7 Å². The number of ketones is 1. The molecular formula is C26H18Cl3FN6O2S2. The number of nitriles is 1. The molecule has 5 rings (SSSR count). The van der Waals surface area contributed by atoms with Crippen molar-refractivity contribution in [1.82, 2.24) is 10.2 Å². The molecule has 1 atom stereocenters. The molecule has 14 heteroatoms. The monoisotopic (exact) mass is 634 g/mol. The van der Waals surface area contributed by atoms with Crippen LogP contribution in [0.15, 0.2) is 63.4 Å². The molecule has 2 heterocycles. The Balaban J connectivity index is 1.41. The number of amides is 1. The van der Waals surface area contributed by atoms with E-state index in [0.29, 0.717) is 39.3 Å². The van der Waals surface area contributed by atoms with Gasteiger partial charge in [-0.25, -0.2) is 4.39 Å². The van der Waals surface area contributed by atoms with E-state index < -0.39 is 11.7 Å². The van der Waals surface area contributed by atoms with Crippen molar-refractivity contribution < 1.29 is 14.0 Å². The number of allylic oxidation sites excluding steroid dienone is 3. The molecule has 2 aliphatic rings. The molecule has 204 valence electrons. The van der Waals surface area contributed by atoms with Crippen molar-refractivity contribution in [3.05, 3.63) is 85.5 Å². The number of anilines is 2. The molecule has 8 nitrogen and oxygen atoms in total. The standard InChI is InChI=1S/C26H18Cl3FN6O2S2/c27-14-8-16(29)18(9-15(14)28)33-21(38)11-39-26-35-34-25(40-26)36-19-6-3-7-20(37)23(19)22(13(10-31)24(36)32)12-4-1-2-5-17(12)30/h1-2,4-5,8-9,22H,3,6-7,11,32H2,(H,33,38). The fourth-order valence-corrected chi connectivity index (χ4v) is 6.88. The SMILES string of the molecule is N#CC1=C(N)N(c2nnc(SCC(=O)Nc3cc(Cl)c(Cl)cc3Cl)s2)C2=C(C(=O)CCC2)C1c1ccccc1F. The number of nitrogens with two attached hydrogens (primary N) is 1. The van der Waals surface area contributed by atoms with E-state index >= 15 is 0 Å². The van der Waals surface area contributed by atoms with Crippen molar-refractivity contribution >= 4 is 80.4 Å². The van der Waals surface area contributed by atoms with Gasteiger partial charge in [0.1, 0.15) is 11.6 Å². The van der Waals surface area contributed by atoms with Gasteiger partial charge in [0.05, 0.1) is 44.1 Å². The maximum absolute atomic E-state index is 14.9. The third-order valence-corrected chi connectivity index (χ3v) is 9.40. The van der Waals surface area contributed by atoms with Crippen molar-refractivity contribution in [2.45, 2.75) is 29.5 Å². The fraction of sp³-hybridized carbons (Fsp3) is 0.192. The zero-order valence-corrected chi connectivity index (χ0v) is 24.3. The average Bonchev–Trinajstić information content (AvgIpc) is 3.39. The zero-order valence-electron chi connectivity index (χ0n) is 20.4. The molecule has 0 fully saturated rings. The molecule has 2 aromatic carbocycles. The number of Topliss-reactive ketones (excluding diaryl/α,β-unsaturated/α-hetero) is 1. The van der Waals surface area contributed by atoms with Gasteiger partial charge in [-0.2, -0.15) is 5.26 Å². The fourth-order valence-electron chi connectivity index (χ4n) is 4.61. The summed E-state index contributed by atoms with van der Waals surface area (Å²) in [6.45, 7) is 0. The van der Waals surface area contributed by atoms with E-state index in [9.17, 15) is 19.2 Å². The van der Waals surface area contributed by atoms with Gasteiger partial charge in [0.15, 0.2) is 10.1 Å². The highest BCUT2D eigenvalue weighted by Crippen LogP contribution is 2.47. The van der Waals surface area contributed by atoms with Crippen LogP contribution in [0.2, 0.25) is 15.1 Å². The van der Waals surface area contributed by atoms with Crippen molar-refractivity contribution in [1.29, 1.82) is 5.26 Å². The molecule has 3 aromatic rings. The third kappa shape index (κ3) is 5.42. The molecule has 1 aliphatic heterocycles. The van der Waals surface area contributed by atoms with E-state index in [1.54, 1.807) is 23.1 Å². The summed E-state index contributed by atoms with van der Waals surface area (Å²) < 4.78 is 15.3. The number of nitrogens with one attached hydrogen (secondary N) is 1. The smallest absolute Gasteiger partial charge is 0.234 e. The van der Waals surface area contributed by atoms with Crippen LogP contribution in [0.3, 0.4) is 0 Å². The molecule has 0 saturated heterocycles. The number of hydrogen-bond acceptors (Lipinski definition) is 9. The molecule has 1 amide bonds. The van der Waals surface area contributed by atoms with Crippen LogP contribution >= 0.6 is 57.9 Å². The number of nitrogens with zero attached hydrogens (tertiary/aromatic N) is 4.